The van der Waals surface area contributed by atoms with E-state index in [9.17, 15) is 15.0 Å². The van der Waals surface area contributed by atoms with Gasteiger partial charge in [0.1, 0.15) is 17.5 Å². The first-order valence-electron chi connectivity index (χ1n) is 10.9. The Morgan fingerprint density at radius 3 is 2.74 bits per heavy atom. The molecule has 0 radical (unpaired) electrons. The zero-order chi connectivity index (χ0) is 22.4. The van der Waals surface area contributed by atoms with Crippen LogP contribution in [0, 0.1) is 0 Å². The molecule has 0 unspecified atom stereocenters. The molecule has 0 aliphatic heterocycles. The lowest BCUT2D eigenvalue weighted by Gasteiger charge is -2.32. The summed E-state index contributed by atoms with van der Waals surface area (Å²) < 4.78 is 5.59. The standard InChI is InChI=1S/C25H32ClNO4/c1-25(2,24(30)19-8-3-9-20(26)14-19)31-23(29)12-13-27-21-10-4-6-17(15-21)18-7-5-11-22(28)16-18/h3,5,7-9,11,14,16-17,21,24,27-28,30H,4,6,10,12-13,15H2,1-2H3/t17-,21-,24-/m1/s1. The van der Waals surface area contributed by atoms with Crippen molar-refractivity contribution in [1.29, 1.82) is 0 Å². The number of nitrogens with one attached hydrogen (secondary N) is 1. The number of halogens is 1. The van der Waals surface area contributed by atoms with Crippen LogP contribution in [0.25, 0.3) is 0 Å². The fourth-order valence-electron chi connectivity index (χ4n) is 4.31. The molecule has 0 heterocycles. The highest BCUT2D eigenvalue weighted by Crippen LogP contribution is 2.34. The Morgan fingerprint density at radius 2 is 2.00 bits per heavy atom. The lowest BCUT2D eigenvalue weighted by molar-refractivity contribution is -0.168. The van der Waals surface area contributed by atoms with Crippen molar-refractivity contribution in [2.45, 2.75) is 69.6 Å². The van der Waals surface area contributed by atoms with Gasteiger partial charge in [0.15, 0.2) is 0 Å². The van der Waals surface area contributed by atoms with Gasteiger partial charge >= 0.3 is 5.97 Å². The van der Waals surface area contributed by atoms with Crippen LogP contribution < -0.4 is 5.32 Å². The SMILES string of the molecule is CC(C)(OC(=O)CCN[C@@H]1CCC[C@@H](c2cccc(O)c2)C1)[C@H](O)c1cccc(Cl)c1. The van der Waals surface area contributed by atoms with Crippen LogP contribution in [0.5, 0.6) is 5.75 Å². The quantitative estimate of drug-likeness (QED) is 0.492. The monoisotopic (exact) mass is 445 g/mol. The van der Waals surface area contributed by atoms with Crippen LogP contribution in [-0.2, 0) is 9.53 Å². The van der Waals surface area contributed by atoms with Crippen molar-refractivity contribution in [3.8, 4) is 5.75 Å². The molecule has 2 aromatic carbocycles. The Labute approximate surface area is 189 Å². The van der Waals surface area contributed by atoms with E-state index in [0.717, 1.165) is 25.7 Å². The number of esters is 1. The molecule has 0 spiro atoms. The number of aliphatic hydroxyl groups excluding tert-OH is 1. The number of rotatable bonds is 8. The first-order valence-corrected chi connectivity index (χ1v) is 11.3. The first-order chi connectivity index (χ1) is 14.7. The molecule has 1 aliphatic rings. The number of benzene rings is 2. The average Bonchev–Trinajstić information content (AvgIpc) is 2.73. The molecule has 0 amide bonds. The van der Waals surface area contributed by atoms with Gasteiger partial charge in [-0.3, -0.25) is 4.79 Å². The topological polar surface area (TPSA) is 78.8 Å². The number of carbonyl (C=O) groups is 1. The zero-order valence-electron chi connectivity index (χ0n) is 18.2. The highest BCUT2D eigenvalue weighted by molar-refractivity contribution is 6.30. The van der Waals surface area contributed by atoms with E-state index in [1.54, 1.807) is 44.2 Å². The third kappa shape index (κ3) is 6.70. The molecule has 168 valence electrons. The van der Waals surface area contributed by atoms with E-state index >= 15 is 0 Å². The van der Waals surface area contributed by atoms with E-state index in [-0.39, 0.29) is 12.4 Å². The summed E-state index contributed by atoms with van der Waals surface area (Å²) >= 11 is 6.00. The minimum absolute atomic E-state index is 0.235. The molecule has 6 heteroatoms. The molecule has 1 fully saturated rings. The molecular formula is C25H32ClNO4. The number of ether oxygens (including phenoxy) is 1. The maximum absolute atomic E-state index is 12.4. The first kappa shape index (κ1) is 23.6. The molecule has 5 nitrogen and oxygen atoms in total. The largest absolute Gasteiger partial charge is 0.508 e. The Hall–Kier alpha value is -2.08. The van der Waals surface area contributed by atoms with Crippen molar-refractivity contribution in [3.63, 3.8) is 0 Å². The summed E-state index contributed by atoms with van der Waals surface area (Å²) in [4.78, 5) is 12.4. The zero-order valence-corrected chi connectivity index (χ0v) is 18.9. The van der Waals surface area contributed by atoms with Crippen molar-refractivity contribution in [2.24, 2.45) is 0 Å². The second-order valence-electron chi connectivity index (χ2n) is 8.89. The summed E-state index contributed by atoms with van der Waals surface area (Å²) in [6.07, 6.45) is 3.55. The maximum atomic E-state index is 12.4. The summed E-state index contributed by atoms with van der Waals surface area (Å²) in [5, 5.41) is 24.4. The number of phenols is 1. The summed E-state index contributed by atoms with van der Waals surface area (Å²) in [5.74, 6) is 0.369. The van der Waals surface area contributed by atoms with Crippen LogP contribution in [0.1, 0.15) is 69.1 Å². The van der Waals surface area contributed by atoms with Crippen LogP contribution in [-0.4, -0.2) is 34.4 Å². The Morgan fingerprint density at radius 1 is 1.23 bits per heavy atom. The molecule has 31 heavy (non-hydrogen) atoms. The van der Waals surface area contributed by atoms with Crippen molar-refractivity contribution >= 4 is 17.6 Å². The van der Waals surface area contributed by atoms with E-state index in [1.165, 1.54) is 5.56 Å². The number of carbonyl (C=O) groups excluding carboxylic acids is 1. The van der Waals surface area contributed by atoms with Gasteiger partial charge in [-0.05, 0) is 74.4 Å². The molecule has 0 aromatic heterocycles. The summed E-state index contributed by atoms with van der Waals surface area (Å²) in [5.41, 5.74) is 0.721. The molecule has 0 saturated heterocycles. The van der Waals surface area contributed by atoms with E-state index in [1.807, 2.05) is 12.1 Å². The van der Waals surface area contributed by atoms with E-state index < -0.39 is 11.7 Å². The van der Waals surface area contributed by atoms with E-state index in [4.69, 9.17) is 16.3 Å². The second kappa shape index (κ2) is 10.5. The highest BCUT2D eigenvalue weighted by Gasteiger charge is 2.33. The number of aliphatic hydroxyl groups is 1. The number of aromatic hydroxyl groups is 1. The van der Waals surface area contributed by atoms with Gasteiger partial charge in [0.25, 0.3) is 0 Å². The average molecular weight is 446 g/mol. The van der Waals surface area contributed by atoms with Crippen LogP contribution in [0.15, 0.2) is 48.5 Å². The number of phenolic OH excluding ortho intramolecular Hbond substituents is 1. The Kier molecular flexibility index (Phi) is 7.98. The summed E-state index contributed by atoms with van der Waals surface area (Å²) in [6.45, 7) is 3.93. The third-order valence-electron chi connectivity index (χ3n) is 5.98. The molecule has 3 N–H and O–H groups in total. The van der Waals surface area contributed by atoms with Gasteiger partial charge < -0.3 is 20.3 Å². The van der Waals surface area contributed by atoms with Crippen molar-refractivity contribution in [2.75, 3.05) is 6.54 Å². The van der Waals surface area contributed by atoms with E-state index in [0.29, 0.717) is 34.8 Å². The van der Waals surface area contributed by atoms with Gasteiger partial charge in [0.2, 0.25) is 0 Å². The molecule has 3 atom stereocenters. The molecule has 1 aliphatic carbocycles. The predicted octanol–water partition coefficient (Wildman–Crippen LogP) is 5.11. The summed E-state index contributed by atoms with van der Waals surface area (Å²) in [7, 11) is 0. The summed E-state index contributed by atoms with van der Waals surface area (Å²) in [6, 6.07) is 14.8. The van der Waals surface area contributed by atoms with E-state index in [2.05, 4.69) is 11.4 Å². The fourth-order valence-corrected chi connectivity index (χ4v) is 4.51. The third-order valence-corrected chi connectivity index (χ3v) is 6.21. The fraction of sp³-hybridized carbons (Fsp3) is 0.480. The normalized spacial score (nSPS) is 20.3. The van der Waals surface area contributed by atoms with Gasteiger partial charge in [-0.15, -0.1) is 0 Å². The minimum Gasteiger partial charge on any atom is -0.508 e. The Balaban J connectivity index is 1.46. The van der Waals surface area contributed by atoms with Crippen molar-refractivity contribution in [1.82, 2.24) is 5.32 Å². The van der Waals surface area contributed by atoms with Crippen LogP contribution in [0.2, 0.25) is 5.02 Å². The Bertz CT molecular complexity index is 885. The molecular weight excluding hydrogens is 414 g/mol. The number of hydrogen-bond acceptors (Lipinski definition) is 5. The maximum Gasteiger partial charge on any atom is 0.307 e. The highest BCUT2D eigenvalue weighted by atomic mass is 35.5. The van der Waals surface area contributed by atoms with Gasteiger partial charge in [-0.25, -0.2) is 0 Å². The lowest BCUT2D eigenvalue weighted by Crippen LogP contribution is -2.38. The second-order valence-corrected chi connectivity index (χ2v) is 9.33. The minimum atomic E-state index is -1.06. The molecule has 2 aromatic rings. The predicted molar refractivity (Wildman–Crippen MR) is 122 cm³/mol. The van der Waals surface area contributed by atoms with Gasteiger partial charge in [-0.2, -0.15) is 0 Å². The van der Waals surface area contributed by atoms with Crippen LogP contribution >= 0.6 is 11.6 Å². The molecule has 0 bridgehead atoms. The van der Waals surface area contributed by atoms with Crippen LogP contribution in [0.3, 0.4) is 0 Å². The van der Waals surface area contributed by atoms with Crippen LogP contribution in [0.4, 0.5) is 0 Å². The lowest BCUT2D eigenvalue weighted by atomic mass is 9.81. The van der Waals surface area contributed by atoms with Crippen molar-refractivity contribution in [3.05, 3.63) is 64.7 Å². The molecule has 3 rings (SSSR count). The van der Waals surface area contributed by atoms with Crippen molar-refractivity contribution < 1.29 is 19.7 Å². The van der Waals surface area contributed by atoms with Gasteiger partial charge in [0, 0.05) is 17.6 Å². The van der Waals surface area contributed by atoms with Gasteiger partial charge in [0.05, 0.1) is 6.42 Å². The van der Waals surface area contributed by atoms with Gasteiger partial charge in [-0.1, -0.05) is 42.3 Å². The molecule has 1 saturated carbocycles. The smallest absolute Gasteiger partial charge is 0.307 e. The number of hydrogen-bond donors (Lipinski definition) is 3.